The van der Waals surface area contributed by atoms with Crippen molar-refractivity contribution in [2.45, 2.75) is 38.8 Å². The third-order valence-electron chi connectivity index (χ3n) is 4.06. The van der Waals surface area contributed by atoms with Crippen molar-refractivity contribution in [2.75, 3.05) is 20.0 Å². The SMILES string of the molecule is CCOC(=O)C1=NC(SC)N(OC)C(Oc2cc(C#N)ccc2C(=O)OC(C)(C)C)=C1[N+](=O)[O-]. The van der Waals surface area contributed by atoms with E-state index in [4.69, 9.17) is 19.0 Å². The van der Waals surface area contributed by atoms with Crippen LogP contribution in [0.15, 0.2) is 34.8 Å². The highest BCUT2D eigenvalue weighted by molar-refractivity contribution is 7.99. The lowest BCUT2D eigenvalue weighted by molar-refractivity contribution is -0.421. The number of carbonyl (C=O) groups excluding carboxylic acids is 2. The number of carbonyl (C=O) groups is 2. The first kappa shape index (κ1) is 26.6. The standard InChI is InChI=1S/C21H24N4O8S/c1-7-31-19(27)15-16(25(28)29)17(24(30-5)20(23-15)34-6)32-14-10-12(11-22)8-9-13(14)18(26)33-21(2,3)4/h8-10,20H,7H2,1-6H3. The van der Waals surface area contributed by atoms with Gasteiger partial charge < -0.3 is 14.2 Å². The Bertz CT molecular complexity index is 1090. The highest BCUT2D eigenvalue weighted by Crippen LogP contribution is 2.33. The van der Waals surface area contributed by atoms with Gasteiger partial charge in [-0.3, -0.25) is 15.0 Å². The molecule has 0 aromatic heterocycles. The van der Waals surface area contributed by atoms with Crippen LogP contribution in [0.3, 0.4) is 0 Å². The number of esters is 2. The fraction of sp³-hybridized carbons (Fsp3) is 0.429. The molecule has 0 saturated carbocycles. The summed E-state index contributed by atoms with van der Waals surface area (Å²) < 4.78 is 16.1. The fourth-order valence-electron chi connectivity index (χ4n) is 2.74. The number of nitriles is 1. The molecule has 13 heteroatoms. The van der Waals surface area contributed by atoms with Crippen molar-refractivity contribution < 1.29 is 33.6 Å². The summed E-state index contributed by atoms with van der Waals surface area (Å²) in [5.74, 6) is -2.54. The summed E-state index contributed by atoms with van der Waals surface area (Å²) in [5, 5.41) is 22.3. The van der Waals surface area contributed by atoms with Gasteiger partial charge in [-0.05, 0) is 52.1 Å². The van der Waals surface area contributed by atoms with Crippen molar-refractivity contribution in [3.63, 3.8) is 0 Å². The Morgan fingerprint density at radius 3 is 2.50 bits per heavy atom. The molecule has 1 aromatic rings. The van der Waals surface area contributed by atoms with Gasteiger partial charge in [0.1, 0.15) is 16.9 Å². The largest absolute Gasteiger partial charge is 0.461 e. The summed E-state index contributed by atoms with van der Waals surface area (Å²) in [4.78, 5) is 45.8. The van der Waals surface area contributed by atoms with Crippen LogP contribution in [0.5, 0.6) is 5.75 Å². The molecule has 0 N–H and O–H groups in total. The van der Waals surface area contributed by atoms with E-state index in [0.717, 1.165) is 16.8 Å². The van der Waals surface area contributed by atoms with Crippen LogP contribution in [0.2, 0.25) is 0 Å². The maximum atomic E-state index is 12.8. The predicted molar refractivity (Wildman–Crippen MR) is 121 cm³/mol. The van der Waals surface area contributed by atoms with Crippen LogP contribution in [-0.2, 0) is 19.1 Å². The highest BCUT2D eigenvalue weighted by atomic mass is 32.2. The van der Waals surface area contributed by atoms with E-state index >= 15 is 0 Å². The van der Waals surface area contributed by atoms with Gasteiger partial charge in [-0.15, -0.1) is 11.8 Å². The minimum atomic E-state index is -1.02. The van der Waals surface area contributed by atoms with Gasteiger partial charge in [0.05, 0.1) is 30.3 Å². The summed E-state index contributed by atoms with van der Waals surface area (Å²) in [6.07, 6.45) is 1.64. The van der Waals surface area contributed by atoms with Crippen molar-refractivity contribution in [3.8, 4) is 11.8 Å². The zero-order valence-corrected chi connectivity index (χ0v) is 20.3. The first-order valence-corrected chi connectivity index (χ1v) is 11.2. The number of thioether (sulfide) groups is 1. The summed E-state index contributed by atoms with van der Waals surface area (Å²) in [7, 11) is 1.23. The van der Waals surface area contributed by atoms with Crippen molar-refractivity contribution in [1.29, 1.82) is 5.26 Å². The number of aliphatic imine (C=N–C) groups is 1. The zero-order chi connectivity index (χ0) is 25.6. The van der Waals surface area contributed by atoms with Gasteiger partial charge in [-0.25, -0.2) is 14.6 Å². The van der Waals surface area contributed by atoms with Gasteiger partial charge in [0.25, 0.3) is 0 Å². The summed E-state index contributed by atoms with van der Waals surface area (Å²) in [6.45, 7) is 6.51. The van der Waals surface area contributed by atoms with Crippen molar-refractivity contribution >= 4 is 29.4 Å². The number of nitrogens with zero attached hydrogens (tertiary/aromatic N) is 4. The van der Waals surface area contributed by atoms with Crippen LogP contribution >= 0.6 is 11.8 Å². The van der Waals surface area contributed by atoms with Crippen molar-refractivity contribution in [1.82, 2.24) is 5.06 Å². The molecular weight excluding hydrogens is 468 g/mol. The van der Waals surface area contributed by atoms with E-state index in [9.17, 15) is 25.0 Å². The molecule has 0 amide bonds. The molecule has 0 bridgehead atoms. The van der Waals surface area contributed by atoms with E-state index in [1.54, 1.807) is 34.0 Å². The number of ether oxygens (including phenoxy) is 3. The normalized spacial score (nSPS) is 15.9. The molecule has 1 heterocycles. The van der Waals surface area contributed by atoms with Crippen molar-refractivity contribution in [3.05, 3.63) is 51.0 Å². The molecule has 2 rings (SSSR count). The van der Waals surface area contributed by atoms with Gasteiger partial charge in [0.2, 0.25) is 5.71 Å². The Balaban J connectivity index is 2.73. The van der Waals surface area contributed by atoms with Crippen molar-refractivity contribution in [2.24, 2.45) is 4.99 Å². The molecule has 1 unspecified atom stereocenters. The lowest BCUT2D eigenvalue weighted by Gasteiger charge is -2.31. The van der Waals surface area contributed by atoms with E-state index in [-0.39, 0.29) is 23.5 Å². The fourth-order valence-corrected chi connectivity index (χ4v) is 3.32. The second-order valence-corrected chi connectivity index (χ2v) is 8.50. The zero-order valence-electron chi connectivity index (χ0n) is 19.5. The molecule has 0 radical (unpaired) electrons. The Morgan fingerprint density at radius 2 is 2.00 bits per heavy atom. The van der Waals surface area contributed by atoms with Gasteiger partial charge >= 0.3 is 23.5 Å². The number of benzene rings is 1. The molecule has 1 aliphatic rings. The molecule has 1 aliphatic heterocycles. The van der Waals surface area contributed by atoms with Crippen LogP contribution in [0.1, 0.15) is 43.6 Å². The average molecular weight is 493 g/mol. The minimum absolute atomic E-state index is 0.0377. The van der Waals surface area contributed by atoms with Gasteiger partial charge in [-0.2, -0.15) is 10.3 Å². The Kier molecular flexibility index (Phi) is 8.61. The lowest BCUT2D eigenvalue weighted by Crippen LogP contribution is -2.42. The van der Waals surface area contributed by atoms with E-state index in [1.165, 1.54) is 25.3 Å². The summed E-state index contributed by atoms with van der Waals surface area (Å²) >= 11 is 1.10. The number of rotatable bonds is 8. The topological polar surface area (TPSA) is 154 Å². The molecular formula is C21H24N4O8S. The third-order valence-corrected chi connectivity index (χ3v) is 4.78. The van der Waals surface area contributed by atoms with Gasteiger partial charge in [-0.1, -0.05) is 0 Å². The smallest absolute Gasteiger partial charge is 0.364 e. The van der Waals surface area contributed by atoms with Crippen LogP contribution in [0.4, 0.5) is 0 Å². The molecule has 1 aromatic carbocycles. The number of hydroxylamine groups is 2. The van der Waals surface area contributed by atoms with Crippen LogP contribution < -0.4 is 4.74 Å². The molecule has 0 fully saturated rings. The van der Waals surface area contributed by atoms with E-state index in [2.05, 4.69) is 4.99 Å². The van der Waals surface area contributed by atoms with Crippen LogP contribution in [-0.4, -0.2) is 58.7 Å². The molecule has 1 atom stereocenters. The average Bonchev–Trinajstić information content (AvgIpc) is 2.76. The van der Waals surface area contributed by atoms with E-state index in [1.807, 2.05) is 6.07 Å². The quantitative estimate of drug-likeness (QED) is 0.299. The molecule has 34 heavy (non-hydrogen) atoms. The highest BCUT2D eigenvalue weighted by Gasteiger charge is 2.44. The summed E-state index contributed by atoms with van der Waals surface area (Å²) in [6, 6.07) is 5.82. The molecule has 12 nitrogen and oxygen atoms in total. The number of hydrogen-bond donors (Lipinski definition) is 0. The minimum Gasteiger partial charge on any atom is -0.461 e. The van der Waals surface area contributed by atoms with E-state index in [0.29, 0.717) is 0 Å². The Labute approximate surface area is 200 Å². The first-order valence-electron chi connectivity index (χ1n) is 9.92. The number of nitro groups is 1. The molecule has 0 spiro atoms. The number of hydrogen-bond acceptors (Lipinski definition) is 12. The monoisotopic (exact) mass is 492 g/mol. The van der Waals surface area contributed by atoms with E-state index < -0.39 is 45.3 Å². The maximum Gasteiger partial charge on any atom is 0.364 e. The second-order valence-electron chi connectivity index (χ2n) is 7.61. The van der Waals surface area contributed by atoms with Gasteiger partial charge in [0, 0.05) is 0 Å². The molecule has 0 aliphatic carbocycles. The van der Waals surface area contributed by atoms with Crippen LogP contribution in [0.25, 0.3) is 0 Å². The second kappa shape index (κ2) is 11.0. The third kappa shape index (κ3) is 6.03. The lowest BCUT2D eigenvalue weighted by atomic mass is 10.1. The Hall–Kier alpha value is -3.63. The molecule has 182 valence electrons. The first-order chi connectivity index (χ1) is 16.0. The maximum absolute atomic E-state index is 12.8. The van der Waals surface area contributed by atoms with Crippen LogP contribution in [0, 0.1) is 21.4 Å². The predicted octanol–water partition coefficient (Wildman–Crippen LogP) is 2.87. The summed E-state index contributed by atoms with van der Waals surface area (Å²) in [5.41, 5.74) is -3.18. The van der Waals surface area contributed by atoms with Gasteiger partial charge in [0.15, 0.2) is 5.50 Å². The molecule has 0 saturated heterocycles. The Morgan fingerprint density at radius 1 is 1.32 bits per heavy atom.